The normalized spacial score (nSPS) is 35.3. The second kappa shape index (κ2) is 12.7. The average molecular weight is 578 g/mol. The van der Waals surface area contributed by atoms with Gasteiger partial charge < -0.3 is 15.2 Å². The minimum Gasteiger partial charge on any atom is -0.480 e. The molecule has 5 nitrogen and oxygen atoms in total. The second-order valence-electron chi connectivity index (χ2n) is 15.3. The number of allylic oxidation sites excluding steroid dienone is 1. The van der Waals surface area contributed by atoms with E-state index in [-0.39, 0.29) is 17.9 Å². The number of alkyl carbamates (subject to hydrolysis) is 1. The zero-order valence-electron chi connectivity index (χ0n) is 26.7. The molecule has 2 N–H and O–H groups in total. The van der Waals surface area contributed by atoms with Gasteiger partial charge in [-0.2, -0.15) is 0 Å². The fourth-order valence-corrected chi connectivity index (χ4v) is 10.1. The molecule has 5 heteroatoms. The molecule has 42 heavy (non-hydrogen) atoms. The van der Waals surface area contributed by atoms with Crippen LogP contribution in [0.3, 0.4) is 0 Å². The summed E-state index contributed by atoms with van der Waals surface area (Å²) in [4.78, 5) is 24.7. The fraction of sp³-hybridized carbons (Fsp3) is 0.730. The molecule has 0 aromatic heterocycles. The van der Waals surface area contributed by atoms with E-state index in [2.05, 4.69) is 46.0 Å². The van der Waals surface area contributed by atoms with Crippen molar-refractivity contribution in [1.82, 2.24) is 5.32 Å². The highest BCUT2D eigenvalue weighted by atomic mass is 16.6. The molecule has 3 saturated carbocycles. The molecule has 0 spiro atoms. The number of ether oxygens (including phenoxy) is 1. The van der Waals surface area contributed by atoms with Crippen LogP contribution in [0, 0.1) is 46.3 Å². The molecule has 1 aromatic carbocycles. The second-order valence-corrected chi connectivity index (χ2v) is 15.3. The maximum Gasteiger partial charge on any atom is 0.408 e. The summed E-state index contributed by atoms with van der Waals surface area (Å²) < 4.78 is 5.86. The smallest absolute Gasteiger partial charge is 0.408 e. The third-order valence-corrected chi connectivity index (χ3v) is 12.4. The van der Waals surface area contributed by atoms with Crippen molar-refractivity contribution in [3.63, 3.8) is 0 Å². The highest BCUT2D eigenvalue weighted by Gasteiger charge is 2.59. The number of carbonyl (C=O) groups is 2. The molecular formula is C37H55NO4. The van der Waals surface area contributed by atoms with Crippen LogP contribution in [-0.4, -0.2) is 29.3 Å². The van der Waals surface area contributed by atoms with Crippen LogP contribution in [0.15, 0.2) is 42.0 Å². The van der Waals surface area contributed by atoms with Gasteiger partial charge in [0.1, 0.15) is 12.1 Å². The lowest BCUT2D eigenvalue weighted by Gasteiger charge is -2.58. The van der Waals surface area contributed by atoms with Crippen LogP contribution in [-0.2, 0) is 16.0 Å². The molecule has 0 heterocycles. The van der Waals surface area contributed by atoms with Gasteiger partial charge >= 0.3 is 12.1 Å². The number of carboxylic acid groups (broad SMARTS) is 1. The zero-order chi connectivity index (χ0) is 30.1. The Morgan fingerprint density at radius 2 is 1.76 bits per heavy atom. The van der Waals surface area contributed by atoms with Gasteiger partial charge in [-0.15, -0.1) is 0 Å². The first-order valence-corrected chi connectivity index (χ1v) is 16.9. The summed E-state index contributed by atoms with van der Waals surface area (Å²) in [5, 5.41) is 12.3. The average Bonchev–Trinajstić information content (AvgIpc) is 3.30. The number of carbonyl (C=O) groups excluding carboxylic acids is 1. The Labute approximate surface area is 254 Å². The quantitative estimate of drug-likeness (QED) is 0.272. The number of rotatable bonds is 10. The Balaban J connectivity index is 1.19. The first kappa shape index (κ1) is 31.1. The lowest BCUT2D eigenvalue weighted by molar-refractivity contribution is -0.139. The van der Waals surface area contributed by atoms with E-state index in [1.807, 2.05) is 30.3 Å². The van der Waals surface area contributed by atoms with E-state index in [9.17, 15) is 14.7 Å². The Morgan fingerprint density at radius 1 is 1.00 bits per heavy atom. The van der Waals surface area contributed by atoms with Crippen molar-refractivity contribution in [2.24, 2.45) is 46.3 Å². The van der Waals surface area contributed by atoms with E-state index in [0.29, 0.717) is 5.41 Å². The molecule has 3 fully saturated rings. The monoisotopic (exact) mass is 577 g/mol. The molecule has 0 bridgehead atoms. The number of fused-ring (bicyclic) bond motifs is 5. The number of amides is 1. The summed E-state index contributed by atoms with van der Waals surface area (Å²) in [7, 11) is 0. The maximum atomic E-state index is 12.8. The van der Waals surface area contributed by atoms with E-state index in [1.54, 1.807) is 0 Å². The summed E-state index contributed by atoms with van der Waals surface area (Å²) >= 11 is 0. The number of aliphatic carboxylic acids is 1. The largest absolute Gasteiger partial charge is 0.480 e. The van der Waals surface area contributed by atoms with Crippen molar-refractivity contribution in [1.29, 1.82) is 0 Å². The van der Waals surface area contributed by atoms with Gasteiger partial charge in [0, 0.05) is 12.8 Å². The zero-order valence-corrected chi connectivity index (χ0v) is 26.7. The fourth-order valence-electron chi connectivity index (χ4n) is 10.1. The van der Waals surface area contributed by atoms with Crippen molar-refractivity contribution in [3.8, 4) is 0 Å². The highest BCUT2D eigenvalue weighted by molar-refractivity contribution is 5.80. The van der Waals surface area contributed by atoms with E-state index in [1.165, 1.54) is 56.9 Å². The minimum absolute atomic E-state index is 0.191. The molecule has 1 amide bonds. The van der Waals surface area contributed by atoms with E-state index < -0.39 is 18.1 Å². The van der Waals surface area contributed by atoms with Crippen molar-refractivity contribution in [2.45, 2.75) is 124 Å². The Morgan fingerprint density at radius 3 is 2.48 bits per heavy atom. The van der Waals surface area contributed by atoms with E-state index in [4.69, 9.17) is 4.74 Å². The third-order valence-electron chi connectivity index (χ3n) is 12.4. The van der Waals surface area contributed by atoms with Crippen molar-refractivity contribution < 1.29 is 19.4 Å². The molecule has 4 aliphatic carbocycles. The Bertz CT molecular complexity index is 1130. The lowest BCUT2D eigenvalue weighted by Crippen LogP contribution is -2.51. The number of hydrogen-bond donors (Lipinski definition) is 2. The van der Waals surface area contributed by atoms with Gasteiger partial charge in [0.15, 0.2) is 0 Å². The third kappa shape index (κ3) is 6.31. The van der Waals surface area contributed by atoms with Crippen LogP contribution in [0.25, 0.3) is 0 Å². The van der Waals surface area contributed by atoms with Crippen LogP contribution < -0.4 is 5.32 Å². The van der Waals surface area contributed by atoms with Gasteiger partial charge in [-0.1, -0.05) is 95.9 Å². The van der Waals surface area contributed by atoms with Crippen molar-refractivity contribution in [2.75, 3.05) is 0 Å². The predicted molar refractivity (Wildman–Crippen MR) is 168 cm³/mol. The molecule has 232 valence electrons. The van der Waals surface area contributed by atoms with Gasteiger partial charge in [-0.25, -0.2) is 9.59 Å². The molecule has 9 atom stereocenters. The van der Waals surface area contributed by atoms with Crippen molar-refractivity contribution >= 4 is 12.1 Å². The van der Waals surface area contributed by atoms with Crippen LogP contribution in [0.1, 0.15) is 111 Å². The predicted octanol–water partition coefficient (Wildman–Crippen LogP) is 8.82. The van der Waals surface area contributed by atoms with Gasteiger partial charge in [-0.3, -0.25) is 0 Å². The summed E-state index contributed by atoms with van der Waals surface area (Å²) in [6.45, 7) is 12.4. The molecule has 0 saturated heterocycles. The van der Waals surface area contributed by atoms with Crippen molar-refractivity contribution in [3.05, 3.63) is 47.5 Å². The molecule has 5 rings (SSSR count). The number of hydrogen-bond acceptors (Lipinski definition) is 3. The topological polar surface area (TPSA) is 75.6 Å². The molecular weight excluding hydrogens is 522 g/mol. The molecule has 4 unspecified atom stereocenters. The first-order valence-electron chi connectivity index (χ1n) is 16.9. The molecule has 1 aromatic rings. The van der Waals surface area contributed by atoms with Gasteiger partial charge in [0.05, 0.1) is 0 Å². The summed E-state index contributed by atoms with van der Waals surface area (Å²) in [6.07, 6.45) is 15.4. The van der Waals surface area contributed by atoms with E-state index in [0.717, 1.165) is 60.3 Å². The molecule has 0 radical (unpaired) electrons. The Hall–Kier alpha value is -2.30. The van der Waals surface area contributed by atoms with Gasteiger partial charge in [0.2, 0.25) is 0 Å². The first-order chi connectivity index (χ1) is 20.0. The van der Waals surface area contributed by atoms with Crippen LogP contribution >= 0.6 is 0 Å². The summed E-state index contributed by atoms with van der Waals surface area (Å²) in [5.41, 5.74) is 3.03. The van der Waals surface area contributed by atoms with Crippen LogP contribution in [0.4, 0.5) is 4.79 Å². The van der Waals surface area contributed by atoms with E-state index >= 15 is 0 Å². The highest BCUT2D eigenvalue weighted by Crippen LogP contribution is 2.67. The maximum absolute atomic E-state index is 12.8. The number of benzene rings is 1. The number of nitrogens with one attached hydrogen (secondary N) is 1. The SMILES string of the molecule is CC(C)CCC[C@@H](C)[C@H]1CC[C@H]2C3CC=C4C[C@@H](OC(=O)NC(Cc5ccccc5)C(=O)O)CCC4(C)[C@H]3CCC12C. The Kier molecular flexibility index (Phi) is 9.45. The summed E-state index contributed by atoms with van der Waals surface area (Å²) in [6, 6.07) is 8.40. The summed E-state index contributed by atoms with van der Waals surface area (Å²) in [5.74, 6) is 3.79. The van der Waals surface area contributed by atoms with Crippen LogP contribution in [0.5, 0.6) is 0 Å². The van der Waals surface area contributed by atoms with Gasteiger partial charge in [-0.05, 0) is 96.8 Å². The number of carboxylic acids is 1. The standard InChI is InChI=1S/C37H55NO4/c1-24(2)10-9-11-25(3)30-16-17-31-29-15-14-27-23-28(18-20-36(27,4)32(29)19-21-37(30,31)5)42-35(41)38-33(34(39)40)22-26-12-7-6-8-13-26/h6-8,12-14,24-25,28-33H,9-11,15-23H2,1-5H3,(H,38,41)(H,39,40)/t25-,28+,29?,30-,31+,32+,33?,36?,37?/m1/s1. The van der Waals surface area contributed by atoms with Crippen LogP contribution in [0.2, 0.25) is 0 Å². The van der Waals surface area contributed by atoms with Gasteiger partial charge in [0.25, 0.3) is 0 Å². The molecule has 0 aliphatic heterocycles. The lowest BCUT2D eigenvalue weighted by atomic mass is 9.47. The minimum atomic E-state index is -1.04. The molecule has 4 aliphatic rings.